The quantitative estimate of drug-likeness (QED) is 0.679. The summed E-state index contributed by atoms with van der Waals surface area (Å²) in [7, 11) is 1.55. The number of hydrogen-bond acceptors (Lipinski definition) is 6. The zero-order valence-electron chi connectivity index (χ0n) is 16.0. The van der Waals surface area contributed by atoms with E-state index in [2.05, 4.69) is 15.6 Å². The highest BCUT2D eigenvalue weighted by molar-refractivity contribution is 6.35. The molecule has 2 heterocycles. The lowest BCUT2D eigenvalue weighted by Crippen LogP contribution is -2.47. The fraction of sp³-hybridized carbons (Fsp3) is 0.300. The van der Waals surface area contributed by atoms with E-state index in [1.165, 1.54) is 4.90 Å². The molecule has 0 aliphatic carbocycles. The molecule has 2 N–H and O–H groups in total. The smallest absolute Gasteiger partial charge is 0.309 e. The van der Waals surface area contributed by atoms with E-state index in [1.807, 2.05) is 0 Å². The van der Waals surface area contributed by atoms with E-state index in [-0.39, 0.29) is 19.0 Å². The van der Waals surface area contributed by atoms with Gasteiger partial charge in [0, 0.05) is 31.0 Å². The second-order valence-electron chi connectivity index (χ2n) is 6.30. The maximum absolute atomic E-state index is 12.7. The third kappa shape index (κ3) is 5.29. The van der Waals surface area contributed by atoms with Gasteiger partial charge in [-0.15, -0.1) is 0 Å². The zero-order chi connectivity index (χ0) is 20.6. The van der Waals surface area contributed by atoms with E-state index in [9.17, 15) is 14.4 Å². The molecule has 1 aliphatic rings. The summed E-state index contributed by atoms with van der Waals surface area (Å²) >= 11 is 0. The normalized spacial score (nSPS) is 15.6. The standard InChI is InChI=1S/C20H22N4O5/c1-28-16-4-2-15(3-5-16)20(27)24-10-11-29-17(24)13-23-19(26)18(25)22-12-14-6-8-21-9-7-14/h2-9,17H,10-13H2,1H3,(H,22,25)(H,23,26)/t17-/m0/s1. The predicted molar refractivity (Wildman–Crippen MR) is 103 cm³/mol. The molecular formula is C20H22N4O5. The fourth-order valence-electron chi connectivity index (χ4n) is 2.85. The maximum Gasteiger partial charge on any atom is 0.309 e. The Balaban J connectivity index is 1.50. The third-order valence-corrected chi connectivity index (χ3v) is 4.43. The summed E-state index contributed by atoms with van der Waals surface area (Å²) in [6, 6.07) is 10.2. The van der Waals surface area contributed by atoms with E-state index in [0.29, 0.717) is 24.5 Å². The van der Waals surface area contributed by atoms with Gasteiger partial charge < -0.3 is 25.0 Å². The Morgan fingerprint density at radius 1 is 1.10 bits per heavy atom. The Kier molecular flexibility index (Phi) is 6.75. The van der Waals surface area contributed by atoms with Gasteiger partial charge in [0.05, 0.1) is 20.3 Å². The summed E-state index contributed by atoms with van der Waals surface area (Å²) in [6.07, 6.45) is 2.57. The van der Waals surface area contributed by atoms with Crippen LogP contribution in [0.2, 0.25) is 0 Å². The summed E-state index contributed by atoms with van der Waals surface area (Å²) in [4.78, 5) is 42.1. The molecule has 1 fully saturated rings. The summed E-state index contributed by atoms with van der Waals surface area (Å²) in [5.74, 6) is -1.11. The minimum atomic E-state index is -0.786. The van der Waals surface area contributed by atoms with Crippen LogP contribution >= 0.6 is 0 Å². The minimum Gasteiger partial charge on any atom is -0.497 e. The van der Waals surface area contributed by atoms with Crippen molar-refractivity contribution in [1.82, 2.24) is 20.5 Å². The zero-order valence-corrected chi connectivity index (χ0v) is 16.0. The first kappa shape index (κ1) is 20.3. The summed E-state index contributed by atoms with van der Waals surface area (Å²) in [5, 5.41) is 5.05. The number of amides is 3. The topological polar surface area (TPSA) is 110 Å². The van der Waals surface area contributed by atoms with Crippen LogP contribution in [0.1, 0.15) is 15.9 Å². The molecule has 29 heavy (non-hydrogen) atoms. The van der Waals surface area contributed by atoms with Gasteiger partial charge >= 0.3 is 11.8 Å². The van der Waals surface area contributed by atoms with E-state index in [4.69, 9.17) is 9.47 Å². The minimum absolute atomic E-state index is 0.0173. The second-order valence-corrected chi connectivity index (χ2v) is 6.30. The van der Waals surface area contributed by atoms with Gasteiger partial charge in [0.15, 0.2) is 0 Å². The Hall–Kier alpha value is -3.46. The third-order valence-electron chi connectivity index (χ3n) is 4.43. The fourth-order valence-corrected chi connectivity index (χ4v) is 2.85. The van der Waals surface area contributed by atoms with Gasteiger partial charge in [-0.3, -0.25) is 19.4 Å². The largest absolute Gasteiger partial charge is 0.497 e. The molecule has 1 saturated heterocycles. The maximum atomic E-state index is 12.7. The first-order valence-electron chi connectivity index (χ1n) is 9.10. The van der Waals surface area contributed by atoms with Crippen LogP contribution in [0, 0.1) is 0 Å². The van der Waals surface area contributed by atoms with Crippen molar-refractivity contribution in [3.05, 3.63) is 59.9 Å². The van der Waals surface area contributed by atoms with Crippen molar-refractivity contribution in [1.29, 1.82) is 0 Å². The van der Waals surface area contributed by atoms with Gasteiger partial charge in [-0.1, -0.05) is 0 Å². The van der Waals surface area contributed by atoms with Gasteiger partial charge in [-0.25, -0.2) is 0 Å². The SMILES string of the molecule is COc1ccc(C(=O)N2CCO[C@H]2CNC(=O)C(=O)NCc2ccncc2)cc1. The number of rotatable bonds is 6. The summed E-state index contributed by atoms with van der Waals surface area (Å²) < 4.78 is 10.6. The van der Waals surface area contributed by atoms with Gasteiger partial charge in [0.2, 0.25) is 0 Å². The molecule has 3 amide bonds. The van der Waals surface area contributed by atoms with Crippen molar-refractivity contribution in [2.24, 2.45) is 0 Å². The van der Waals surface area contributed by atoms with Crippen LogP contribution in [-0.2, 0) is 20.9 Å². The lowest BCUT2D eigenvalue weighted by molar-refractivity contribution is -0.139. The Bertz CT molecular complexity index is 857. The van der Waals surface area contributed by atoms with Crippen molar-refractivity contribution in [2.45, 2.75) is 12.8 Å². The van der Waals surface area contributed by atoms with Gasteiger partial charge in [0.1, 0.15) is 12.0 Å². The molecule has 0 radical (unpaired) electrons. The molecule has 2 aromatic rings. The Morgan fingerprint density at radius 2 is 1.79 bits per heavy atom. The van der Waals surface area contributed by atoms with Crippen LogP contribution in [0.15, 0.2) is 48.8 Å². The second kappa shape index (κ2) is 9.65. The summed E-state index contributed by atoms with van der Waals surface area (Å²) in [5.41, 5.74) is 1.32. The van der Waals surface area contributed by atoms with Crippen LogP contribution in [0.5, 0.6) is 5.75 Å². The molecule has 0 saturated carbocycles. The monoisotopic (exact) mass is 398 g/mol. The molecule has 9 heteroatoms. The van der Waals surface area contributed by atoms with Crippen LogP contribution in [0.3, 0.4) is 0 Å². The van der Waals surface area contributed by atoms with Crippen molar-refractivity contribution in [2.75, 3.05) is 26.8 Å². The number of nitrogens with one attached hydrogen (secondary N) is 2. The van der Waals surface area contributed by atoms with Crippen LogP contribution in [-0.4, -0.2) is 60.6 Å². The molecule has 1 aliphatic heterocycles. The molecular weight excluding hydrogens is 376 g/mol. The van der Waals surface area contributed by atoms with Crippen molar-refractivity contribution in [3.63, 3.8) is 0 Å². The van der Waals surface area contributed by atoms with Crippen molar-refractivity contribution < 1.29 is 23.9 Å². The number of carbonyl (C=O) groups is 3. The summed E-state index contributed by atoms with van der Waals surface area (Å²) in [6.45, 7) is 0.997. The highest BCUT2D eigenvalue weighted by atomic mass is 16.5. The molecule has 0 bridgehead atoms. The molecule has 1 aromatic heterocycles. The first-order chi connectivity index (χ1) is 14.1. The van der Waals surface area contributed by atoms with Gasteiger partial charge in [-0.05, 0) is 42.0 Å². The van der Waals surface area contributed by atoms with E-state index in [1.54, 1.807) is 55.9 Å². The number of methoxy groups -OCH3 is 1. The molecule has 1 aromatic carbocycles. The van der Waals surface area contributed by atoms with Crippen LogP contribution < -0.4 is 15.4 Å². The van der Waals surface area contributed by atoms with E-state index in [0.717, 1.165) is 5.56 Å². The molecule has 1 atom stereocenters. The van der Waals surface area contributed by atoms with Gasteiger partial charge in [0.25, 0.3) is 5.91 Å². The highest BCUT2D eigenvalue weighted by Gasteiger charge is 2.31. The van der Waals surface area contributed by atoms with Crippen LogP contribution in [0.25, 0.3) is 0 Å². The number of aromatic nitrogens is 1. The molecule has 9 nitrogen and oxygen atoms in total. The number of pyridine rings is 1. The number of nitrogens with zero attached hydrogens (tertiary/aromatic N) is 2. The molecule has 0 unspecified atom stereocenters. The lowest BCUT2D eigenvalue weighted by atomic mass is 10.2. The number of ether oxygens (including phenoxy) is 2. The predicted octanol–water partition coefficient (Wildman–Crippen LogP) is 0.321. The van der Waals surface area contributed by atoms with E-state index < -0.39 is 18.0 Å². The van der Waals surface area contributed by atoms with Gasteiger partial charge in [-0.2, -0.15) is 0 Å². The van der Waals surface area contributed by atoms with Crippen molar-refractivity contribution >= 4 is 17.7 Å². The number of hydrogen-bond donors (Lipinski definition) is 2. The number of carbonyl (C=O) groups excluding carboxylic acids is 3. The molecule has 0 spiro atoms. The van der Waals surface area contributed by atoms with Crippen molar-refractivity contribution in [3.8, 4) is 5.75 Å². The highest BCUT2D eigenvalue weighted by Crippen LogP contribution is 2.17. The molecule has 152 valence electrons. The Labute approximate surface area is 168 Å². The number of benzene rings is 1. The average Bonchev–Trinajstić information content (AvgIpc) is 3.24. The Morgan fingerprint density at radius 3 is 2.48 bits per heavy atom. The first-order valence-corrected chi connectivity index (χ1v) is 9.10. The average molecular weight is 398 g/mol. The molecule has 3 rings (SSSR count). The van der Waals surface area contributed by atoms with E-state index >= 15 is 0 Å². The lowest BCUT2D eigenvalue weighted by Gasteiger charge is -2.23. The van der Waals surface area contributed by atoms with Crippen LogP contribution in [0.4, 0.5) is 0 Å².